The van der Waals surface area contributed by atoms with Crippen LogP contribution in [0.1, 0.15) is 17.5 Å². The number of nitrogens with one attached hydrogen (secondary N) is 1. The summed E-state index contributed by atoms with van der Waals surface area (Å²) in [5.74, 6) is 0. The number of nitrogens with zero attached hydrogens (tertiary/aromatic N) is 1. The van der Waals surface area contributed by atoms with Crippen LogP contribution in [-0.2, 0) is 12.8 Å². The number of rotatable bonds is 8. The van der Waals surface area contributed by atoms with Crippen LogP contribution in [0.15, 0.2) is 54.6 Å². The number of non-ortho nitro benzene ring substituents is 1. The Morgan fingerprint density at radius 1 is 0.857 bits per heavy atom. The van der Waals surface area contributed by atoms with Crippen LogP contribution < -0.4 is 5.32 Å². The SMILES string of the molecule is O=[N+]([O-])c1ccc(CCNCCCc2ccccc2)cc1. The standard InChI is InChI=1S/C17H20N2O2/c20-19(21)17-10-8-16(9-11-17)12-14-18-13-4-7-15-5-2-1-3-6-15/h1-3,5-6,8-11,18H,4,7,12-14H2. The van der Waals surface area contributed by atoms with Crippen molar-refractivity contribution in [2.45, 2.75) is 19.3 Å². The molecule has 0 aromatic heterocycles. The minimum atomic E-state index is -0.369. The molecular weight excluding hydrogens is 264 g/mol. The van der Waals surface area contributed by atoms with Gasteiger partial charge in [0.05, 0.1) is 4.92 Å². The van der Waals surface area contributed by atoms with E-state index in [1.165, 1.54) is 5.56 Å². The Kier molecular flexibility index (Phi) is 5.91. The fourth-order valence-electron chi connectivity index (χ4n) is 2.20. The topological polar surface area (TPSA) is 55.2 Å². The molecule has 0 radical (unpaired) electrons. The monoisotopic (exact) mass is 284 g/mol. The van der Waals surface area contributed by atoms with Crippen molar-refractivity contribution in [1.82, 2.24) is 5.32 Å². The van der Waals surface area contributed by atoms with E-state index in [0.29, 0.717) is 0 Å². The number of nitro groups is 1. The maximum absolute atomic E-state index is 10.6. The van der Waals surface area contributed by atoms with Gasteiger partial charge in [0.25, 0.3) is 5.69 Å². The second-order valence-corrected chi connectivity index (χ2v) is 5.01. The first-order valence-corrected chi connectivity index (χ1v) is 7.24. The highest BCUT2D eigenvalue weighted by Crippen LogP contribution is 2.11. The molecule has 4 nitrogen and oxygen atoms in total. The predicted molar refractivity (Wildman–Crippen MR) is 84.4 cm³/mol. The fraction of sp³-hybridized carbons (Fsp3) is 0.294. The van der Waals surface area contributed by atoms with Crippen LogP contribution in [0.3, 0.4) is 0 Å². The summed E-state index contributed by atoms with van der Waals surface area (Å²) in [6, 6.07) is 17.2. The van der Waals surface area contributed by atoms with Gasteiger partial charge in [-0.1, -0.05) is 42.5 Å². The fourth-order valence-corrected chi connectivity index (χ4v) is 2.20. The zero-order valence-electron chi connectivity index (χ0n) is 12.0. The van der Waals surface area contributed by atoms with E-state index >= 15 is 0 Å². The Morgan fingerprint density at radius 3 is 2.19 bits per heavy atom. The quantitative estimate of drug-likeness (QED) is 0.459. The summed E-state index contributed by atoms with van der Waals surface area (Å²) in [4.78, 5) is 10.2. The van der Waals surface area contributed by atoms with Crippen molar-refractivity contribution in [2.24, 2.45) is 0 Å². The summed E-state index contributed by atoms with van der Waals surface area (Å²) >= 11 is 0. The van der Waals surface area contributed by atoms with Gasteiger partial charge in [-0.05, 0) is 43.5 Å². The molecule has 2 aromatic carbocycles. The second-order valence-electron chi connectivity index (χ2n) is 5.01. The first-order chi connectivity index (χ1) is 10.3. The van der Waals surface area contributed by atoms with E-state index in [1.54, 1.807) is 12.1 Å². The maximum Gasteiger partial charge on any atom is 0.269 e. The summed E-state index contributed by atoms with van der Waals surface area (Å²) in [7, 11) is 0. The van der Waals surface area contributed by atoms with Gasteiger partial charge in [-0.2, -0.15) is 0 Å². The van der Waals surface area contributed by atoms with E-state index in [4.69, 9.17) is 0 Å². The molecule has 0 aliphatic heterocycles. The van der Waals surface area contributed by atoms with Crippen LogP contribution in [0, 0.1) is 10.1 Å². The number of aryl methyl sites for hydroxylation is 1. The second kappa shape index (κ2) is 8.17. The third kappa shape index (κ3) is 5.36. The Labute approximate surface area is 125 Å². The average Bonchev–Trinajstić information content (AvgIpc) is 2.52. The molecule has 0 saturated heterocycles. The lowest BCUT2D eigenvalue weighted by Crippen LogP contribution is -2.19. The van der Waals surface area contributed by atoms with Crippen LogP contribution in [0.2, 0.25) is 0 Å². The van der Waals surface area contributed by atoms with Gasteiger partial charge >= 0.3 is 0 Å². The van der Waals surface area contributed by atoms with Gasteiger partial charge in [-0.25, -0.2) is 0 Å². The molecule has 0 atom stereocenters. The zero-order chi connectivity index (χ0) is 14.9. The predicted octanol–water partition coefficient (Wildman–Crippen LogP) is 3.36. The van der Waals surface area contributed by atoms with Gasteiger partial charge in [0, 0.05) is 12.1 Å². The first kappa shape index (κ1) is 15.2. The Bertz CT molecular complexity index is 553. The summed E-state index contributed by atoms with van der Waals surface area (Å²) in [6.07, 6.45) is 3.10. The van der Waals surface area contributed by atoms with Crippen LogP contribution in [0.5, 0.6) is 0 Å². The molecule has 0 unspecified atom stereocenters. The molecule has 4 heteroatoms. The van der Waals surface area contributed by atoms with E-state index in [2.05, 4.69) is 29.6 Å². The largest absolute Gasteiger partial charge is 0.316 e. The van der Waals surface area contributed by atoms with E-state index in [-0.39, 0.29) is 10.6 Å². The summed E-state index contributed by atoms with van der Waals surface area (Å²) < 4.78 is 0. The molecule has 0 aliphatic rings. The molecule has 0 heterocycles. The van der Waals surface area contributed by atoms with E-state index < -0.39 is 0 Å². The lowest BCUT2D eigenvalue weighted by atomic mass is 10.1. The molecule has 1 N–H and O–H groups in total. The van der Waals surface area contributed by atoms with Crippen LogP contribution in [-0.4, -0.2) is 18.0 Å². The van der Waals surface area contributed by atoms with E-state index in [9.17, 15) is 10.1 Å². The number of nitro benzene ring substituents is 1. The molecule has 21 heavy (non-hydrogen) atoms. The van der Waals surface area contributed by atoms with Crippen molar-refractivity contribution in [3.63, 3.8) is 0 Å². The minimum Gasteiger partial charge on any atom is -0.316 e. The highest BCUT2D eigenvalue weighted by molar-refractivity contribution is 5.32. The third-order valence-electron chi connectivity index (χ3n) is 3.40. The zero-order valence-corrected chi connectivity index (χ0v) is 12.0. The van der Waals surface area contributed by atoms with Crippen molar-refractivity contribution in [3.05, 3.63) is 75.8 Å². The minimum absolute atomic E-state index is 0.148. The molecule has 0 saturated carbocycles. The van der Waals surface area contributed by atoms with Gasteiger partial charge in [0.2, 0.25) is 0 Å². The van der Waals surface area contributed by atoms with Crippen molar-refractivity contribution in [3.8, 4) is 0 Å². The lowest BCUT2D eigenvalue weighted by molar-refractivity contribution is -0.384. The van der Waals surface area contributed by atoms with Crippen molar-refractivity contribution < 1.29 is 4.92 Å². The van der Waals surface area contributed by atoms with Crippen molar-refractivity contribution in [2.75, 3.05) is 13.1 Å². The molecular formula is C17H20N2O2. The maximum atomic E-state index is 10.6. The molecule has 2 rings (SSSR count). The smallest absolute Gasteiger partial charge is 0.269 e. The van der Waals surface area contributed by atoms with Gasteiger partial charge < -0.3 is 5.32 Å². The number of hydrogen-bond acceptors (Lipinski definition) is 3. The number of hydrogen-bond donors (Lipinski definition) is 1. The third-order valence-corrected chi connectivity index (χ3v) is 3.40. The average molecular weight is 284 g/mol. The summed E-state index contributed by atoms with van der Waals surface area (Å²) in [5.41, 5.74) is 2.64. The Hall–Kier alpha value is -2.20. The summed E-state index contributed by atoms with van der Waals surface area (Å²) in [6.45, 7) is 1.88. The van der Waals surface area contributed by atoms with Crippen LogP contribution in [0.4, 0.5) is 5.69 Å². The summed E-state index contributed by atoms with van der Waals surface area (Å²) in [5, 5.41) is 14.0. The van der Waals surface area contributed by atoms with E-state index in [0.717, 1.165) is 37.9 Å². The Balaban J connectivity index is 1.60. The Morgan fingerprint density at radius 2 is 1.52 bits per heavy atom. The van der Waals surface area contributed by atoms with Crippen LogP contribution >= 0.6 is 0 Å². The lowest BCUT2D eigenvalue weighted by Gasteiger charge is -2.05. The molecule has 0 bridgehead atoms. The molecule has 110 valence electrons. The van der Waals surface area contributed by atoms with Gasteiger partial charge in [-0.15, -0.1) is 0 Å². The molecule has 0 fully saturated rings. The molecule has 0 aliphatic carbocycles. The van der Waals surface area contributed by atoms with E-state index in [1.807, 2.05) is 18.2 Å². The number of benzene rings is 2. The first-order valence-electron chi connectivity index (χ1n) is 7.24. The molecule has 2 aromatic rings. The highest BCUT2D eigenvalue weighted by atomic mass is 16.6. The normalized spacial score (nSPS) is 10.5. The van der Waals surface area contributed by atoms with Crippen molar-refractivity contribution >= 4 is 5.69 Å². The van der Waals surface area contributed by atoms with Gasteiger partial charge in [-0.3, -0.25) is 10.1 Å². The molecule has 0 amide bonds. The van der Waals surface area contributed by atoms with Gasteiger partial charge in [0.1, 0.15) is 0 Å². The van der Waals surface area contributed by atoms with Gasteiger partial charge in [0.15, 0.2) is 0 Å². The molecule has 0 spiro atoms. The highest BCUT2D eigenvalue weighted by Gasteiger charge is 2.03. The van der Waals surface area contributed by atoms with Crippen molar-refractivity contribution in [1.29, 1.82) is 0 Å². The van der Waals surface area contributed by atoms with Crippen LogP contribution in [0.25, 0.3) is 0 Å².